The predicted molar refractivity (Wildman–Crippen MR) is 103 cm³/mol. The molecule has 144 valence electrons. The van der Waals surface area contributed by atoms with E-state index < -0.39 is 5.54 Å². The molecule has 1 aromatic heterocycles. The zero-order chi connectivity index (χ0) is 19.6. The number of amides is 3. The number of oxazole rings is 1. The van der Waals surface area contributed by atoms with Crippen molar-refractivity contribution in [1.82, 2.24) is 15.2 Å². The number of aromatic nitrogens is 1. The molecule has 0 unspecified atom stereocenters. The van der Waals surface area contributed by atoms with Gasteiger partial charge in [0.15, 0.2) is 0 Å². The molecule has 0 spiro atoms. The summed E-state index contributed by atoms with van der Waals surface area (Å²) in [6.07, 6.45) is 4.49. The van der Waals surface area contributed by atoms with Crippen LogP contribution in [0.1, 0.15) is 56.4 Å². The van der Waals surface area contributed by atoms with E-state index in [1.165, 1.54) is 16.7 Å². The summed E-state index contributed by atoms with van der Waals surface area (Å²) in [7, 11) is 0. The van der Waals surface area contributed by atoms with Gasteiger partial charge in [0.05, 0.1) is 12.2 Å². The summed E-state index contributed by atoms with van der Waals surface area (Å²) in [5, 5.41) is 2.92. The molecule has 1 aliphatic rings. The van der Waals surface area contributed by atoms with E-state index in [0.717, 1.165) is 24.0 Å². The smallest absolute Gasteiger partial charge is 0.325 e. The number of rotatable bonds is 7. The van der Waals surface area contributed by atoms with E-state index in [1.54, 1.807) is 0 Å². The average molecular weight is 369 g/mol. The Balaban J connectivity index is 1.81. The van der Waals surface area contributed by atoms with Gasteiger partial charge in [0, 0.05) is 5.56 Å². The molecule has 1 saturated heterocycles. The van der Waals surface area contributed by atoms with Crippen LogP contribution in [-0.2, 0) is 11.3 Å². The lowest BCUT2D eigenvalue weighted by molar-refractivity contribution is -0.132. The molecule has 0 radical (unpaired) electrons. The Morgan fingerprint density at radius 1 is 1.15 bits per heavy atom. The van der Waals surface area contributed by atoms with Gasteiger partial charge in [-0.05, 0) is 38.3 Å². The largest absolute Gasteiger partial charge is 0.444 e. The monoisotopic (exact) mass is 369 g/mol. The number of benzene rings is 1. The van der Waals surface area contributed by atoms with Crippen molar-refractivity contribution < 1.29 is 14.0 Å². The Morgan fingerprint density at radius 2 is 1.85 bits per heavy atom. The topological polar surface area (TPSA) is 75.4 Å². The molecule has 0 aliphatic carbocycles. The van der Waals surface area contributed by atoms with Crippen molar-refractivity contribution in [3.63, 3.8) is 0 Å². The normalized spacial score (nSPS) is 16.1. The molecule has 2 aromatic rings. The lowest BCUT2D eigenvalue weighted by Crippen LogP contribution is -2.46. The Hall–Kier alpha value is -2.63. The second-order valence-electron chi connectivity index (χ2n) is 7.37. The maximum atomic E-state index is 13.0. The van der Waals surface area contributed by atoms with Crippen LogP contribution in [0.5, 0.6) is 0 Å². The zero-order valence-electron chi connectivity index (χ0n) is 16.5. The van der Waals surface area contributed by atoms with Crippen LogP contribution in [0.15, 0.2) is 28.9 Å². The number of nitrogens with zero attached hydrogens (tertiary/aromatic N) is 2. The zero-order valence-corrected chi connectivity index (χ0v) is 16.5. The molecule has 1 fully saturated rings. The van der Waals surface area contributed by atoms with Crippen LogP contribution in [0.4, 0.5) is 4.79 Å². The molecule has 2 heterocycles. The first kappa shape index (κ1) is 19.1. The van der Waals surface area contributed by atoms with Gasteiger partial charge >= 0.3 is 6.03 Å². The number of carbonyl (C=O) groups is 2. The quantitative estimate of drug-likeness (QED) is 0.736. The highest BCUT2D eigenvalue weighted by molar-refractivity contribution is 6.06. The van der Waals surface area contributed by atoms with E-state index >= 15 is 0 Å². The van der Waals surface area contributed by atoms with E-state index in [0.29, 0.717) is 24.4 Å². The van der Waals surface area contributed by atoms with E-state index in [-0.39, 0.29) is 18.5 Å². The summed E-state index contributed by atoms with van der Waals surface area (Å²) in [6, 6.07) is 5.70. The molecule has 6 nitrogen and oxygen atoms in total. The maximum Gasteiger partial charge on any atom is 0.325 e. The van der Waals surface area contributed by atoms with Crippen molar-refractivity contribution in [2.24, 2.45) is 0 Å². The van der Waals surface area contributed by atoms with Crippen LogP contribution in [0, 0.1) is 13.8 Å². The molecule has 1 N–H and O–H groups in total. The summed E-state index contributed by atoms with van der Waals surface area (Å²) in [5.41, 5.74) is 2.95. The van der Waals surface area contributed by atoms with Crippen molar-refractivity contribution in [2.45, 2.75) is 65.5 Å². The fraction of sp³-hybridized carbons (Fsp3) is 0.476. The van der Waals surface area contributed by atoms with Gasteiger partial charge in [0.1, 0.15) is 11.8 Å². The number of hydrogen-bond donors (Lipinski definition) is 1. The first-order chi connectivity index (χ1) is 12.9. The second kappa shape index (κ2) is 7.55. The first-order valence-corrected chi connectivity index (χ1v) is 9.56. The minimum absolute atomic E-state index is 0.119. The SMILES string of the molecule is CCCC1(CCC)NC(=O)N(Cc2coc(-c3ccc(C)cc3C)n2)C1=O. The number of imide groups is 1. The minimum atomic E-state index is -0.777. The molecule has 3 amide bonds. The van der Waals surface area contributed by atoms with Gasteiger partial charge in [-0.15, -0.1) is 0 Å². The maximum absolute atomic E-state index is 13.0. The lowest BCUT2D eigenvalue weighted by atomic mass is 9.88. The third kappa shape index (κ3) is 3.61. The van der Waals surface area contributed by atoms with Gasteiger partial charge in [-0.2, -0.15) is 0 Å². The highest BCUT2D eigenvalue weighted by Crippen LogP contribution is 2.30. The van der Waals surface area contributed by atoms with Crippen LogP contribution in [0.2, 0.25) is 0 Å². The Kier molecular flexibility index (Phi) is 5.35. The van der Waals surface area contributed by atoms with Crippen molar-refractivity contribution in [2.75, 3.05) is 0 Å². The Labute approximate surface area is 160 Å². The molecule has 6 heteroatoms. The summed E-state index contributed by atoms with van der Waals surface area (Å²) in [4.78, 5) is 31.2. The van der Waals surface area contributed by atoms with Crippen LogP contribution < -0.4 is 5.32 Å². The van der Waals surface area contributed by atoms with Crippen molar-refractivity contribution in [3.8, 4) is 11.5 Å². The fourth-order valence-corrected chi connectivity index (χ4v) is 3.86. The summed E-state index contributed by atoms with van der Waals surface area (Å²) in [6.45, 7) is 8.20. The highest BCUT2D eigenvalue weighted by atomic mass is 16.3. The minimum Gasteiger partial charge on any atom is -0.444 e. The van der Waals surface area contributed by atoms with Gasteiger partial charge in [-0.3, -0.25) is 9.69 Å². The van der Waals surface area contributed by atoms with E-state index in [9.17, 15) is 9.59 Å². The number of nitrogens with one attached hydrogen (secondary N) is 1. The second-order valence-corrected chi connectivity index (χ2v) is 7.37. The number of aryl methyl sites for hydroxylation is 2. The molecule has 1 aliphatic heterocycles. The summed E-state index contributed by atoms with van der Waals surface area (Å²) in [5.74, 6) is 0.343. The van der Waals surface area contributed by atoms with Crippen LogP contribution in [-0.4, -0.2) is 27.4 Å². The number of hydrogen-bond acceptors (Lipinski definition) is 4. The van der Waals surface area contributed by atoms with Crippen molar-refractivity contribution in [3.05, 3.63) is 41.3 Å². The summed E-state index contributed by atoms with van der Waals surface area (Å²) >= 11 is 0. The molecular formula is C21H27N3O3. The number of carbonyl (C=O) groups excluding carboxylic acids is 2. The molecular weight excluding hydrogens is 342 g/mol. The Bertz CT molecular complexity index is 850. The molecule has 1 aromatic carbocycles. The van der Waals surface area contributed by atoms with Crippen molar-refractivity contribution >= 4 is 11.9 Å². The summed E-state index contributed by atoms with van der Waals surface area (Å²) < 4.78 is 5.62. The predicted octanol–water partition coefficient (Wildman–Crippen LogP) is 4.35. The van der Waals surface area contributed by atoms with E-state index in [4.69, 9.17) is 4.42 Å². The Morgan fingerprint density at radius 3 is 2.48 bits per heavy atom. The molecule has 0 atom stereocenters. The van der Waals surface area contributed by atoms with Crippen LogP contribution in [0.25, 0.3) is 11.5 Å². The first-order valence-electron chi connectivity index (χ1n) is 9.56. The van der Waals surface area contributed by atoms with Crippen molar-refractivity contribution in [1.29, 1.82) is 0 Å². The van der Waals surface area contributed by atoms with Crippen LogP contribution in [0.3, 0.4) is 0 Å². The van der Waals surface area contributed by atoms with Gasteiger partial charge in [-0.1, -0.05) is 44.4 Å². The van der Waals surface area contributed by atoms with Crippen LogP contribution >= 0.6 is 0 Å². The van der Waals surface area contributed by atoms with Gasteiger partial charge in [0.2, 0.25) is 5.89 Å². The van der Waals surface area contributed by atoms with E-state index in [2.05, 4.69) is 16.4 Å². The lowest BCUT2D eigenvalue weighted by Gasteiger charge is -2.25. The fourth-order valence-electron chi connectivity index (χ4n) is 3.86. The average Bonchev–Trinajstić information content (AvgIpc) is 3.15. The van der Waals surface area contributed by atoms with Gasteiger partial charge in [-0.25, -0.2) is 9.78 Å². The highest BCUT2D eigenvalue weighted by Gasteiger charge is 2.49. The number of urea groups is 1. The van der Waals surface area contributed by atoms with Gasteiger partial charge in [0.25, 0.3) is 5.91 Å². The van der Waals surface area contributed by atoms with E-state index in [1.807, 2.05) is 39.8 Å². The third-order valence-corrected chi connectivity index (χ3v) is 5.08. The standard InChI is InChI=1S/C21H27N3O3/c1-5-9-21(10-6-2)19(25)24(20(26)23-21)12-16-13-27-18(22-16)17-8-7-14(3)11-15(17)4/h7-8,11,13H,5-6,9-10,12H2,1-4H3,(H,23,26). The molecule has 3 rings (SSSR count). The molecule has 0 bridgehead atoms. The van der Waals surface area contributed by atoms with Gasteiger partial charge < -0.3 is 9.73 Å². The third-order valence-electron chi connectivity index (χ3n) is 5.08. The molecule has 27 heavy (non-hydrogen) atoms. The molecule has 0 saturated carbocycles.